The van der Waals surface area contributed by atoms with E-state index in [1.165, 1.54) is 30.3 Å². The van der Waals surface area contributed by atoms with Gasteiger partial charge in [-0.1, -0.05) is 29.8 Å². The van der Waals surface area contributed by atoms with E-state index in [2.05, 4.69) is 5.32 Å². The van der Waals surface area contributed by atoms with Gasteiger partial charge in [0, 0.05) is 10.7 Å². The van der Waals surface area contributed by atoms with Crippen LogP contribution in [0.5, 0.6) is 0 Å². The Morgan fingerprint density at radius 1 is 1.17 bits per heavy atom. The third-order valence-corrected chi connectivity index (χ3v) is 5.25. The minimum atomic E-state index is -1.06. The molecule has 0 aliphatic carbocycles. The fourth-order valence-corrected chi connectivity index (χ4v) is 3.58. The van der Waals surface area contributed by atoms with E-state index in [0.29, 0.717) is 16.3 Å². The van der Waals surface area contributed by atoms with Crippen LogP contribution in [0.1, 0.15) is 21.5 Å². The summed E-state index contributed by atoms with van der Waals surface area (Å²) in [5.74, 6) is -2.16. The lowest BCUT2D eigenvalue weighted by molar-refractivity contribution is -0.127. The van der Waals surface area contributed by atoms with Gasteiger partial charge in [-0.05, 0) is 60.2 Å². The van der Waals surface area contributed by atoms with E-state index < -0.39 is 29.6 Å². The number of anilines is 1. The number of amides is 3. The van der Waals surface area contributed by atoms with Crippen molar-refractivity contribution >= 4 is 58.1 Å². The number of benzene rings is 2. The maximum atomic E-state index is 12.5. The zero-order valence-corrected chi connectivity index (χ0v) is 16.7. The predicted molar refractivity (Wildman–Crippen MR) is 111 cm³/mol. The van der Waals surface area contributed by atoms with E-state index in [4.69, 9.17) is 16.7 Å². The van der Waals surface area contributed by atoms with Crippen LogP contribution in [0.2, 0.25) is 5.02 Å². The molecule has 1 fully saturated rings. The SMILES string of the molecule is Cc1ccc(Cl)cc1NC(=O)CN1C(=O)S/C(=C\c2ccc(C(=O)O)cc2)C1=O. The van der Waals surface area contributed by atoms with Crippen LogP contribution in [0.4, 0.5) is 10.5 Å². The lowest BCUT2D eigenvalue weighted by Gasteiger charge is -2.13. The number of aryl methyl sites for hydroxylation is 1. The third kappa shape index (κ3) is 4.85. The highest BCUT2D eigenvalue weighted by atomic mass is 35.5. The van der Waals surface area contributed by atoms with E-state index in [9.17, 15) is 19.2 Å². The summed E-state index contributed by atoms with van der Waals surface area (Å²) in [6, 6.07) is 10.9. The molecule has 0 spiro atoms. The largest absolute Gasteiger partial charge is 0.478 e. The maximum Gasteiger partial charge on any atom is 0.335 e. The summed E-state index contributed by atoms with van der Waals surface area (Å²) in [5.41, 5.74) is 1.98. The molecule has 29 heavy (non-hydrogen) atoms. The number of aromatic carboxylic acids is 1. The molecule has 2 aromatic carbocycles. The normalized spacial score (nSPS) is 15.1. The molecule has 0 atom stereocenters. The van der Waals surface area contributed by atoms with Crippen molar-refractivity contribution in [1.29, 1.82) is 0 Å². The molecule has 2 aromatic rings. The standard InChI is InChI=1S/C20H15ClN2O5S/c1-11-2-7-14(21)9-15(11)22-17(24)10-23-18(25)16(29-20(23)28)8-12-3-5-13(6-4-12)19(26)27/h2-9H,10H2,1H3,(H,22,24)(H,26,27)/b16-8-. The van der Waals surface area contributed by atoms with E-state index in [1.807, 2.05) is 0 Å². The number of carbonyl (C=O) groups is 4. The number of hydrogen-bond donors (Lipinski definition) is 2. The Morgan fingerprint density at radius 3 is 2.52 bits per heavy atom. The summed E-state index contributed by atoms with van der Waals surface area (Å²) >= 11 is 6.65. The fourth-order valence-electron chi connectivity index (χ4n) is 2.57. The van der Waals surface area contributed by atoms with Gasteiger partial charge >= 0.3 is 5.97 Å². The van der Waals surface area contributed by atoms with Crippen LogP contribution in [0.25, 0.3) is 6.08 Å². The number of carbonyl (C=O) groups excluding carboxylic acids is 3. The molecule has 1 heterocycles. The molecule has 0 radical (unpaired) electrons. The van der Waals surface area contributed by atoms with Gasteiger partial charge < -0.3 is 10.4 Å². The highest BCUT2D eigenvalue weighted by Gasteiger charge is 2.36. The lowest BCUT2D eigenvalue weighted by atomic mass is 10.1. The second kappa shape index (κ2) is 8.50. The second-order valence-corrected chi connectivity index (χ2v) is 7.63. The van der Waals surface area contributed by atoms with Crippen molar-refractivity contribution in [2.75, 3.05) is 11.9 Å². The third-order valence-electron chi connectivity index (χ3n) is 4.10. The van der Waals surface area contributed by atoms with Crippen molar-refractivity contribution in [2.45, 2.75) is 6.92 Å². The van der Waals surface area contributed by atoms with Crippen LogP contribution in [0.15, 0.2) is 47.4 Å². The summed E-state index contributed by atoms with van der Waals surface area (Å²) < 4.78 is 0. The fraction of sp³-hybridized carbons (Fsp3) is 0.100. The molecule has 1 saturated heterocycles. The first-order chi connectivity index (χ1) is 13.7. The number of carboxylic acids is 1. The molecule has 2 N–H and O–H groups in total. The van der Waals surface area contributed by atoms with Gasteiger partial charge in [0.1, 0.15) is 6.54 Å². The molecule has 148 valence electrons. The summed E-state index contributed by atoms with van der Waals surface area (Å²) in [6.07, 6.45) is 1.48. The van der Waals surface area contributed by atoms with Crippen LogP contribution >= 0.6 is 23.4 Å². The van der Waals surface area contributed by atoms with E-state index in [-0.39, 0.29) is 10.5 Å². The molecule has 0 unspecified atom stereocenters. The maximum absolute atomic E-state index is 12.5. The van der Waals surface area contributed by atoms with Crippen molar-refractivity contribution in [3.8, 4) is 0 Å². The van der Waals surface area contributed by atoms with Gasteiger partial charge in [-0.2, -0.15) is 0 Å². The topological polar surface area (TPSA) is 104 Å². The molecule has 9 heteroatoms. The average molecular weight is 431 g/mol. The van der Waals surface area contributed by atoms with Crippen molar-refractivity contribution in [3.63, 3.8) is 0 Å². The number of halogens is 1. The second-order valence-electron chi connectivity index (χ2n) is 6.20. The Kier molecular flexibility index (Phi) is 6.05. The van der Waals surface area contributed by atoms with E-state index in [1.54, 1.807) is 25.1 Å². The molecule has 1 aliphatic heterocycles. The Balaban J connectivity index is 1.70. The van der Waals surface area contributed by atoms with Crippen LogP contribution in [0.3, 0.4) is 0 Å². The number of imide groups is 1. The molecule has 0 bridgehead atoms. The van der Waals surface area contributed by atoms with Crippen molar-refractivity contribution in [3.05, 3.63) is 69.1 Å². The van der Waals surface area contributed by atoms with Gasteiger partial charge in [0.25, 0.3) is 11.1 Å². The molecule has 0 saturated carbocycles. The molecule has 0 aromatic heterocycles. The highest BCUT2D eigenvalue weighted by Crippen LogP contribution is 2.32. The van der Waals surface area contributed by atoms with Crippen LogP contribution in [-0.4, -0.2) is 39.6 Å². The first-order valence-electron chi connectivity index (χ1n) is 8.39. The molecule has 7 nitrogen and oxygen atoms in total. The average Bonchev–Trinajstić information content (AvgIpc) is 2.92. The first-order valence-corrected chi connectivity index (χ1v) is 9.59. The Morgan fingerprint density at radius 2 is 1.86 bits per heavy atom. The Labute approximate surface area is 175 Å². The molecule has 3 rings (SSSR count). The lowest BCUT2D eigenvalue weighted by Crippen LogP contribution is -2.36. The molecule has 3 amide bonds. The predicted octanol–water partition coefficient (Wildman–Crippen LogP) is 4.02. The number of hydrogen-bond acceptors (Lipinski definition) is 5. The van der Waals surface area contributed by atoms with Gasteiger partial charge in [-0.3, -0.25) is 19.3 Å². The monoisotopic (exact) mass is 430 g/mol. The van der Waals surface area contributed by atoms with E-state index >= 15 is 0 Å². The highest BCUT2D eigenvalue weighted by molar-refractivity contribution is 8.18. The van der Waals surface area contributed by atoms with Crippen molar-refractivity contribution in [2.24, 2.45) is 0 Å². The summed E-state index contributed by atoms with van der Waals surface area (Å²) in [7, 11) is 0. The Bertz CT molecular complexity index is 1050. The zero-order chi connectivity index (χ0) is 21.1. The van der Waals surface area contributed by atoms with Gasteiger partial charge in [0.2, 0.25) is 5.91 Å². The minimum absolute atomic E-state index is 0.114. The number of nitrogens with one attached hydrogen (secondary N) is 1. The minimum Gasteiger partial charge on any atom is -0.478 e. The van der Waals surface area contributed by atoms with Crippen LogP contribution in [0, 0.1) is 6.92 Å². The van der Waals surface area contributed by atoms with Crippen LogP contribution < -0.4 is 5.32 Å². The summed E-state index contributed by atoms with van der Waals surface area (Å²) in [5, 5.41) is 11.5. The number of rotatable bonds is 5. The Hall–Kier alpha value is -3.10. The van der Waals surface area contributed by atoms with Gasteiger partial charge in [-0.15, -0.1) is 0 Å². The molecular weight excluding hydrogens is 416 g/mol. The van der Waals surface area contributed by atoms with Crippen molar-refractivity contribution in [1.82, 2.24) is 4.90 Å². The molecular formula is C20H15ClN2O5S. The quantitative estimate of drug-likeness (QED) is 0.694. The summed E-state index contributed by atoms with van der Waals surface area (Å²) in [6.45, 7) is 1.37. The zero-order valence-electron chi connectivity index (χ0n) is 15.1. The first kappa shape index (κ1) is 20.6. The van der Waals surface area contributed by atoms with E-state index in [0.717, 1.165) is 22.2 Å². The van der Waals surface area contributed by atoms with Crippen LogP contribution in [-0.2, 0) is 9.59 Å². The number of thioether (sulfide) groups is 1. The summed E-state index contributed by atoms with van der Waals surface area (Å²) in [4.78, 5) is 48.9. The smallest absolute Gasteiger partial charge is 0.335 e. The molecule has 1 aliphatic rings. The number of carboxylic acid groups (broad SMARTS) is 1. The van der Waals surface area contributed by atoms with Gasteiger partial charge in [-0.25, -0.2) is 4.79 Å². The number of nitrogens with zero attached hydrogens (tertiary/aromatic N) is 1. The van der Waals surface area contributed by atoms with Crippen molar-refractivity contribution < 1.29 is 24.3 Å². The van der Waals surface area contributed by atoms with Gasteiger partial charge in [0.15, 0.2) is 0 Å². The van der Waals surface area contributed by atoms with Gasteiger partial charge in [0.05, 0.1) is 10.5 Å².